The minimum absolute atomic E-state index is 0.000508. The maximum absolute atomic E-state index is 12.8. The monoisotopic (exact) mass is 398 g/mol. The standard InChI is InChI=1S/C23H34N4O2/c1-3-25-12-14-26(15-13-25)20-6-7-21(17(2)16-20)24-22(28)18-8-10-27(11-9-18)23(29)19-4-5-19/h6-7,16,18-19H,3-5,8-15H2,1-2H3,(H,24,28). The summed E-state index contributed by atoms with van der Waals surface area (Å²) in [4.78, 5) is 31.8. The van der Waals surface area contributed by atoms with E-state index < -0.39 is 0 Å². The van der Waals surface area contributed by atoms with E-state index in [2.05, 4.69) is 41.1 Å². The highest BCUT2D eigenvalue weighted by atomic mass is 16.2. The van der Waals surface area contributed by atoms with Crippen LogP contribution in [0.15, 0.2) is 18.2 Å². The van der Waals surface area contributed by atoms with Gasteiger partial charge in [0.2, 0.25) is 11.8 Å². The van der Waals surface area contributed by atoms with Crippen LogP contribution in [0.1, 0.15) is 38.2 Å². The summed E-state index contributed by atoms with van der Waals surface area (Å²) in [6.07, 6.45) is 3.62. The number of piperidine rings is 1. The minimum Gasteiger partial charge on any atom is -0.369 e. The summed E-state index contributed by atoms with van der Waals surface area (Å²) in [7, 11) is 0. The van der Waals surface area contributed by atoms with Crippen LogP contribution in [0.2, 0.25) is 0 Å². The number of benzene rings is 1. The first kappa shape index (κ1) is 20.2. The minimum atomic E-state index is -0.000508. The predicted octanol–water partition coefficient (Wildman–Crippen LogP) is 2.72. The largest absolute Gasteiger partial charge is 0.369 e. The van der Waals surface area contributed by atoms with E-state index in [1.807, 2.05) is 11.0 Å². The van der Waals surface area contributed by atoms with E-state index in [1.165, 1.54) is 5.69 Å². The van der Waals surface area contributed by atoms with Crippen molar-refractivity contribution in [2.75, 3.05) is 56.0 Å². The summed E-state index contributed by atoms with van der Waals surface area (Å²) in [5.41, 5.74) is 3.25. The van der Waals surface area contributed by atoms with Crippen molar-refractivity contribution < 1.29 is 9.59 Å². The number of carbonyl (C=O) groups excluding carboxylic acids is 2. The SMILES string of the molecule is CCN1CCN(c2ccc(NC(=O)C3CCN(C(=O)C4CC4)CC3)c(C)c2)CC1. The first-order valence-electron chi connectivity index (χ1n) is 11.2. The van der Waals surface area contributed by atoms with Crippen molar-refractivity contribution in [3.63, 3.8) is 0 Å². The summed E-state index contributed by atoms with van der Waals surface area (Å²) in [6.45, 7) is 11.2. The zero-order chi connectivity index (χ0) is 20.4. The van der Waals surface area contributed by atoms with Gasteiger partial charge < -0.3 is 20.0 Å². The molecule has 0 aromatic heterocycles. The average Bonchev–Trinajstić information content (AvgIpc) is 3.60. The van der Waals surface area contributed by atoms with Crippen molar-refractivity contribution in [3.8, 4) is 0 Å². The number of carbonyl (C=O) groups is 2. The van der Waals surface area contributed by atoms with E-state index in [0.717, 1.165) is 82.7 Å². The van der Waals surface area contributed by atoms with E-state index >= 15 is 0 Å². The van der Waals surface area contributed by atoms with Crippen LogP contribution in [0.5, 0.6) is 0 Å². The highest BCUT2D eigenvalue weighted by Gasteiger charge is 2.36. The van der Waals surface area contributed by atoms with Crippen LogP contribution >= 0.6 is 0 Å². The molecule has 3 aliphatic rings. The molecule has 2 heterocycles. The number of hydrogen-bond acceptors (Lipinski definition) is 4. The Labute approximate surface area is 174 Å². The smallest absolute Gasteiger partial charge is 0.227 e. The van der Waals surface area contributed by atoms with Gasteiger partial charge in [-0.25, -0.2) is 0 Å². The molecule has 1 N–H and O–H groups in total. The van der Waals surface area contributed by atoms with Crippen LogP contribution in [-0.2, 0) is 9.59 Å². The van der Waals surface area contributed by atoms with Gasteiger partial charge in [0.05, 0.1) is 0 Å². The number of likely N-dealkylation sites (N-methyl/N-ethyl adjacent to an activating group) is 1. The molecule has 1 saturated carbocycles. The number of hydrogen-bond donors (Lipinski definition) is 1. The molecule has 1 aliphatic carbocycles. The maximum Gasteiger partial charge on any atom is 0.227 e. The molecule has 2 amide bonds. The molecule has 0 atom stereocenters. The summed E-state index contributed by atoms with van der Waals surface area (Å²) in [5, 5.41) is 3.14. The van der Waals surface area contributed by atoms with Gasteiger partial charge in [0.1, 0.15) is 0 Å². The fraction of sp³-hybridized carbons (Fsp3) is 0.652. The van der Waals surface area contributed by atoms with Crippen LogP contribution in [0.25, 0.3) is 0 Å². The lowest BCUT2D eigenvalue weighted by Crippen LogP contribution is -2.46. The third kappa shape index (κ3) is 4.74. The second-order valence-corrected chi connectivity index (χ2v) is 8.78. The van der Waals surface area contributed by atoms with Crippen molar-refractivity contribution in [2.24, 2.45) is 11.8 Å². The van der Waals surface area contributed by atoms with Gasteiger partial charge in [0.25, 0.3) is 0 Å². The summed E-state index contributed by atoms with van der Waals surface area (Å²) in [6, 6.07) is 6.36. The lowest BCUT2D eigenvalue weighted by molar-refractivity contribution is -0.135. The summed E-state index contributed by atoms with van der Waals surface area (Å²) in [5.74, 6) is 0.664. The van der Waals surface area contributed by atoms with Gasteiger partial charge in [-0.15, -0.1) is 0 Å². The molecule has 1 aromatic carbocycles. The van der Waals surface area contributed by atoms with Crippen molar-refractivity contribution >= 4 is 23.2 Å². The van der Waals surface area contributed by atoms with E-state index in [0.29, 0.717) is 5.91 Å². The van der Waals surface area contributed by atoms with Gasteiger partial charge in [0.15, 0.2) is 0 Å². The lowest BCUT2D eigenvalue weighted by Gasteiger charge is -2.35. The summed E-state index contributed by atoms with van der Waals surface area (Å²) >= 11 is 0. The number of aryl methyl sites for hydroxylation is 1. The third-order valence-electron chi connectivity index (χ3n) is 6.76. The van der Waals surface area contributed by atoms with E-state index in [-0.39, 0.29) is 17.7 Å². The third-order valence-corrected chi connectivity index (χ3v) is 6.76. The first-order valence-corrected chi connectivity index (χ1v) is 11.2. The van der Waals surface area contributed by atoms with Crippen LogP contribution in [0.3, 0.4) is 0 Å². The number of nitrogens with one attached hydrogen (secondary N) is 1. The molecular weight excluding hydrogens is 364 g/mol. The molecule has 0 radical (unpaired) electrons. The van der Waals surface area contributed by atoms with E-state index in [4.69, 9.17) is 0 Å². The van der Waals surface area contributed by atoms with Gasteiger partial charge >= 0.3 is 0 Å². The molecule has 0 unspecified atom stereocenters. The molecule has 2 aliphatic heterocycles. The second-order valence-electron chi connectivity index (χ2n) is 8.78. The van der Waals surface area contributed by atoms with Gasteiger partial charge in [-0.1, -0.05) is 6.92 Å². The average molecular weight is 399 g/mol. The van der Waals surface area contributed by atoms with E-state index in [9.17, 15) is 9.59 Å². The highest BCUT2D eigenvalue weighted by Crippen LogP contribution is 2.33. The Morgan fingerprint density at radius 1 is 0.966 bits per heavy atom. The van der Waals surface area contributed by atoms with Gasteiger partial charge in [0, 0.05) is 62.5 Å². The number of amides is 2. The quantitative estimate of drug-likeness (QED) is 0.829. The highest BCUT2D eigenvalue weighted by molar-refractivity contribution is 5.93. The zero-order valence-electron chi connectivity index (χ0n) is 17.8. The first-order chi connectivity index (χ1) is 14.0. The molecule has 29 heavy (non-hydrogen) atoms. The number of likely N-dealkylation sites (tertiary alicyclic amines) is 1. The molecule has 6 nitrogen and oxygen atoms in total. The van der Waals surface area contributed by atoms with Crippen molar-refractivity contribution in [1.82, 2.24) is 9.80 Å². The van der Waals surface area contributed by atoms with E-state index in [1.54, 1.807) is 0 Å². The van der Waals surface area contributed by atoms with Crippen LogP contribution in [0, 0.1) is 18.8 Å². The van der Waals surface area contributed by atoms with Crippen LogP contribution < -0.4 is 10.2 Å². The Morgan fingerprint density at radius 3 is 2.24 bits per heavy atom. The summed E-state index contributed by atoms with van der Waals surface area (Å²) < 4.78 is 0. The molecule has 0 bridgehead atoms. The fourth-order valence-electron chi connectivity index (χ4n) is 4.49. The molecule has 0 spiro atoms. The topological polar surface area (TPSA) is 55.9 Å². The second kappa shape index (κ2) is 8.74. The number of rotatable bonds is 5. The molecule has 158 valence electrons. The van der Waals surface area contributed by atoms with Crippen molar-refractivity contribution in [2.45, 2.75) is 39.5 Å². The lowest BCUT2D eigenvalue weighted by atomic mass is 9.95. The molecule has 3 fully saturated rings. The van der Waals surface area contributed by atoms with Gasteiger partial charge in [-0.2, -0.15) is 0 Å². The fourth-order valence-corrected chi connectivity index (χ4v) is 4.49. The maximum atomic E-state index is 12.8. The van der Waals surface area contributed by atoms with Crippen molar-refractivity contribution in [1.29, 1.82) is 0 Å². The van der Waals surface area contributed by atoms with Crippen LogP contribution in [0.4, 0.5) is 11.4 Å². The Bertz CT molecular complexity index is 745. The number of piperazine rings is 1. The molecular formula is C23H34N4O2. The molecule has 6 heteroatoms. The van der Waals surface area contributed by atoms with Crippen molar-refractivity contribution in [3.05, 3.63) is 23.8 Å². The van der Waals surface area contributed by atoms with Crippen LogP contribution in [-0.4, -0.2) is 67.4 Å². The number of anilines is 2. The molecule has 1 aromatic rings. The number of nitrogens with zero attached hydrogens (tertiary/aromatic N) is 3. The Morgan fingerprint density at radius 2 is 1.66 bits per heavy atom. The molecule has 2 saturated heterocycles. The zero-order valence-corrected chi connectivity index (χ0v) is 17.8. The molecule has 4 rings (SSSR count). The Hall–Kier alpha value is -2.08. The normalized spacial score (nSPS) is 21.3. The Kier molecular flexibility index (Phi) is 6.09. The predicted molar refractivity (Wildman–Crippen MR) is 116 cm³/mol. The van der Waals surface area contributed by atoms with Gasteiger partial charge in [-0.3, -0.25) is 9.59 Å². The van der Waals surface area contributed by atoms with Gasteiger partial charge in [-0.05, 0) is 62.9 Å². The Balaban J connectivity index is 1.30.